The summed E-state index contributed by atoms with van der Waals surface area (Å²) in [6, 6.07) is 3.79. The Hall–Kier alpha value is -1.49. The lowest BCUT2D eigenvalue weighted by Gasteiger charge is -2.38. The van der Waals surface area contributed by atoms with Crippen molar-refractivity contribution in [3.63, 3.8) is 0 Å². The van der Waals surface area contributed by atoms with Crippen LogP contribution in [0, 0.1) is 11.6 Å². The van der Waals surface area contributed by atoms with Crippen molar-refractivity contribution in [1.82, 2.24) is 4.90 Å². The first-order valence-corrected chi connectivity index (χ1v) is 6.98. The fourth-order valence-electron chi connectivity index (χ4n) is 2.76. The maximum absolute atomic E-state index is 13.6. The molecule has 20 heavy (non-hydrogen) atoms. The smallest absolute Gasteiger partial charge is 0.227 e. The van der Waals surface area contributed by atoms with Crippen LogP contribution in [0.4, 0.5) is 8.78 Å². The Morgan fingerprint density at radius 1 is 1.45 bits per heavy atom. The number of rotatable bonds is 3. The number of piperidine rings is 1. The largest absolute Gasteiger partial charge is 0.338 e. The molecule has 1 amide bonds. The van der Waals surface area contributed by atoms with Crippen molar-refractivity contribution in [3.8, 4) is 0 Å². The highest BCUT2D eigenvalue weighted by Gasteiger charge is 2.29. The molecule has 1 aliphatic heterocycles. The van der Waals surface area contributed by atoms with E-state index in [0.29, 0.717) is 6.54 Å². The maximum atomic E-state index is 13.6. The monoisotopic (exact) mass is 282 g/mol. The van der Waals surface area contributed by atoms with Gasteiger partial charge in [-0.3, -0.25) is 4.79 Å². The Kier molecular flexibility index (Phi) is 4.70. The van der Waals surface area contributed by atoms with Crippen LogP contribution in [0.3, 0.4) is 0 Å². The van der Waals surface area contributed by atoms with E-state index in [1.807, 2.05) is 6.92 Å². The maximum Gasteiger partial charge on any atom is 0.227 e. The van der Waals surface area contributed by atoms with Gasteiger partial charge >= 0.3 is 0 Å². The van der Waals surface area contributed by atoms with Crippen molar-refractivity contribution < 1.29 is 13.6 Å². The van der Waals surface area contributed by atoms with Crippen LogP contribution in [0.2, 0.25) is 0 Å². The zero-order valence-corrected chi connectivity index (χ0v) is 11.6. The third kappa shape index (κ3) is 3.15. The Bertz CT molecular complexity index is 491. The molecule has 2 N–H and O–H groups in total. The van der Waals surface area contributed by atoms with Gasteiger partial charge in [-0.25, -0.2) is 8.78 Å². The third-order valence-corrected chi connectivity index (χ3v) is 3.85. The van der Waals surface area contributed by atoms with Gasteiger partial charge in [0.05, 0.1) is 6.42 Å². The number of hydrogen-bond acceptors (Lipinski definition) is 2. The summed E-state index contributed by atoms with van der Waals surface area (Å²) in [7, 11) is 0. The second-order valence-electron chi connectivity index (χ2n) is 5.40. The minimum Gasteiger partial charge on any atom is -0.338 e. The molecule has 0 bridgehead atoms. The molecule has 2 atom stereocenters. The number of benzene rings is 1. The Morgan fingerprint density at radius 3 is 2.90 bits per heavy atom. The molecular weight excluding hydrogens is 262 g/mol. The Labute approximate surface area is 117 Å². The molecule has 5 heteroatoms. The first-order chi connectivity index (χ1) is 9.50. The minimum absolute atomic E-state index is 0.00660. The van der Waals surface area contributed by atoms with Gasteiger partial charge in [0, 0.05) is 24.2 Å². The summed E-state index contributed by atoms with van der Waals surface area (Å²) in [6.45, 7) is 2.51. The van der Waals surface area contributed by atoms with Crippen molar-refractivity contribution in [3.05, 3.63) is 35.4 Å². The first kappa shape index (κ1) is 14.9. The predicted molar refractivity (Wildman–Crippen MR) is 73.1 cm³/mol. The second-order valence-corrected chi connectivity index (χ2v) is 5.40. The van der Waals surface area contributed by atoms with Crippen LogP contribution in [-0.2, 0) is 11.2 Å². The van der Waals surface area contributed by atoms with Crippen LogP contribution in [0.25, 0.3) is 0 Å². The average molecular weight is 282 g/mol. The predicted octanol–water partition coefficient (Wildman–Crippen LogP) is 2.24. The molecule has 0 unspecified atom stereocenters. The van der Waals surface area contributed by atoms with Gasteiger partial charge < -0.3 is 10.6 Å². The quantitative estimate of drug-likeness (QED) is 0.924. The van der Waals surface area contributed by atoms with E-state index >= 15 is 0 Å². The highest BCUT2D eigenvalue weighted by Crippen LogP contribution is 2.21. The molecule has 110 valence electrons. The van der Waals surface area contributed by atoms with Crippen molar-refractivity contribution in [2.75, 3.05) is 6.54 Å². The van der Waals surface area contributed by atoms with E-state index in [-0.39, 0.29) is 30.0 Å². The zero-order chi connectivity index (χ0) is 14.7. The molecule has 1 aromatic carbocycles. The molecule has 0 aliphatic carbocycles. The summed E-state index contributed by atoms with van der Waals surface area (Å²) < 4.78 is 26.8. The number of nitrogens with two attached hydrogens (primary N) is 1. The van der Waals surface area contributed by atoms with Crippen LogP contribution in [0.5, 0.6) is 0 Å². The molecule has 1 saturated heterocycles. The molecule has 0 radical (unpaired) electrons. The van der Waals surface area contributed by atoms with E-state index in [9.17, 15) is 13.6 Å². The average Bonchev–Trinajstić information content (AvgIpc) is 2.43. The summed E-state index contributed by atoms with van der Waals surface area (Å²) in [6.07, 6.45) is 2.73. The molecule has 1 fully saturated rings. The standard InChI is InChI=1S/C15H20F2N2O/c1-10(18)13-7-2-3-8-19(13)14(20)9-11-5-4-6-12(16)15(11)17/h4-6,10,13H,2-3,7-9,18H2,1H3/t10-,13-/m0/s1. The summed E-state index contributed by atoms with van der Waals surface area (Å²) in [5.74, 6) is -2.04. The van der Waals surface area contributed by atoms with Gasteiger partial charge in [-0.05, 0) is 32.3 Å². The topological polar surface area (TPSA) is 46.3 Å². The number of amides is 1. The van der Waals surface area contributed by atoms with Gasteiger partial charge in [0.1, 0.15) is 0 Å². The number of likely N-dealkylation sites (tertiary alicyclic amines) is 1. The molecule has 1 aromatic rings. The van der Waals surface area contributed by atoms with Crippen molar-refractivity contribution in [1.29, 1.82) is 0 Å². The fraction of sp³-hybridized carbons (Fsp3) is 0.533. The van der Waals surface area contributed by atoms with Gasteiger partial charge in [0.25, 0.3) is 0 Å². The van der Waals surface area contributed by atoms with E-state index in [0.717, 1.165) is 25.3 Å². The van der Waals surface area contributed by atoms with E-state index in [1.165, 1.54) is 12.1 Å². The normalized spacial score (nSPS) is 20.8. The van der Waals surface area contributed by atoms with Gasteiger partial charge in [-0.15, -0.1) is 0 Å². The molecule has 3 nitrogen and oxygen atoms in total. The van der Waals surface area contributed by atoms with Gasteiger partial charge in [-0.1, -0.05) is 12.1 Å². The van der Waals surface area contributed by atoms with Gasteiger partial charge in [0.15, 0.2) is 11.6 Å². The summed E-state index contributed by atoms with van der Waals surface area (Å²) >= 11 is 0. The Morgan fingerprint density at radius 2 is 2.20 bits per heavy atom. The van der Waals surface area contributed by atoms with E-state index in [1.54, 1.807) is 4.90 Å². The molecule has 1 heterocycles. The zero-order valence-electron chi connectivity index (χ0n) is 11.6. The minimum atomic E-state index is -0.935. The van der Waals surface area contributed by atoms with Crippen LogP contribution < -0.4 is 5.73 Å². The lowest BCUT2D eigenvalue weighted by atomic mass is 9.96. The number of halogens is 2. The highest BCUT2D eigenvalue weighted by molar-refractivity contribution is 5.79. The first-order valence-electron chi connectivity index (χ1n) is 6.98. The number of carbonyl (C=O) groups is 1. The van der Waals surface area contributed by atoms with Crippen molar-refractivity contribution in [2.24, 2.45) is 5.73 Å². The summed E-state index contributed by atoms with van der Waals surface area (Å²) in [5, 5.41) is 0. The molecular formula is C15H20F2N2O. The fourth-order valence-corrected chi connectivity index (χ4v) is 2.76. The number of nitrogens with zero attached hydrogens (tertiary/aromatic N) is 1. The number of carbonyl (C=O) groups excluding carboxylic acids is 1. The molecule has 1 aliphatic rings. The Balaban J connectivity index is 2.12. The lowest BCUT2D eigenvalue weighted by molar-refractivity contribution is -0.134. The van der Waals surface area contributed by atoms with E-state index < -0.39 is 11.6 Å². The number of hydrogen-bond donors (Lipinski definition) is 1. The molecule has 0 spiro atoms. The lowest BCUT2D eigenvalue weighted by Crippen LogP contribution is -2.52. The van der Waals surface area contributed by atoms with Crippen LogP contribution >= 0.6 is 0 Å². The van der Waals surface area contributed by atoms with Crippen molar-refractivity contribution >= 4 is 5.91 Å². The van der Waals surface area contributed by atoms with Gasteiger partial charge in [0.2, 0.25) is 5.91 Å². The van der Waals surface area contributed by atoms with Crippen LogP contribution in [0.1, 0.15) is 31.7 Å². The molecule has 2 rings (SSSR count). The van der Waals surface area contributed by atoms with E-state index in [2.05, 4.69) is 0 Å². The van der Waals surface area contributed by atoms with Crippen LogP contribution in [0.15, 0.2) is 18.2 Å². The highest BCUT2D eigenvalue weighted by atomic mass is 19.2. The molecule has 0 saturated carbocycles. The molecule has 0 aromatic heterocycles. The van der Waals surface area contributed by atoms with Gasteiger partial charge in [-0.2, -0.15) is 0 Å². The second kappa shape index (κ2) is 6.31. The summed E-state index contributed by atoms with van der Waals surface area (Å²) in [4.78, 5) is 14.0. The van der Waals surface area contributed by atoms with E-state index in [4.69, 9.17) is 5.73 Å². The SMILES string of the molecule is C[C@H](N)[C@@H]1CCCCN1C(=O)Cc1cccc(F)c1F. The third-order valence-electron chi connectivity index (χ3n) is 3.85. The van der Waals surface area contributed by atoms with Crippen molar-refractivity contribution in [2.45, 2.75) is 44.7 Å². The summed E-state index contributed by atoms with van der Waals surface area (Å²) in [5.41, 5.74) is 6.02. The van der Waals surface area contributed by atoms with Crippen LogP contribution in [-0.4, -0.2) is 29.4 Å².